The third-order valence-corrected chi connectivity index (χ3v) is 7.07. The first kappa shape index (κ1) is 20.4. The summed E-state index contributed by atoms with van der Waals surface area (Å²) in [7, 11) is 0. The number of benzene rings is 3. The number of carbonyl (C=O) groups is 1. The molecule has 6 rings (SSSR count). The van der Waals surface area contributed by atoms with Crippen molar-refractivity contribution < 1.29 is 14.6 Å². The van der Waals surface area contributed by atoms with Crippen LogP contribution >= 0.6 is 0 Å². The van der Waals surface area contributed by atoms with Gasteiger partial charge in [0.05, 0.1) is 11.1 Å². The molecule has 2 unspecified atom stereocenters. The van der Waals surface area contributed by atoms with Gasteiger partial charge in [0, 0.05) is 22.7 Å². The van der Waals surface area contributed by atoms with Gasteiger partial charge in [0.25, 0.3) is 0 Å². The Labute approximate surface area is 193 Å². The number of aliphatic carboxylic acids is 1. The Hall–Kier alpha value is -3.24. The lowest BCUT2D eigenvalue weighted by molar-refractivity contribution is -0.160. The highest BCUT2D eigenvalue weighted by Gasteiger charge is 2.47. The van der Waals surface area contributed by atoms with E-state index in [1.165, 1.54) is 22.9 Å². The molecule has 4 aromatic rings. The highest BCUT2D eigenvalue weighted by molar-refractivity contribution is 6.09. The number of carboxylic acid groups (broad SMARTS) is 1. The molecule has 4 nitrogen and oxygen atoms in total. The molecule has 0 bridgehead atoms. The van der Waals surface area contributed by atoms with Crippen LogP contribution in [0, 0.1) is 6.92 Å². The van der Waals surface area contributed by atoms with E-state index in [0.29, 0.717) is 17.4 Å². The van der Waals surface area contributed by atoms with Gasteiger partial charge < -0.3 is 9.84 Å². The van der Waals surface area contributed by atoms with E-state index in [4.69, 9.17) is 9.72 Å². The minimum atomic E-state index is -1.08. The Morgan fingerprint density at radius 3 is 2.55 bits per heavy atom. The zero-order valence-electron chi connectivity index (χ0n) is 19.3. The Morgan fingerprint density at radius 2 is 1.82 bits per heavy atom. The topological polar surface area (TPSA) is 59.4 Å². The number of aryl methyl sites for hydroxylation is 1. The van der Waals surface area contributed by atoms with Crippen molar-refractivity contribution in [2.45, 2.75) is 57.7 Å². The lowest BCUT2D eigenvalue weighted by atomic mass is 9.85. The number of aromatic nitrogens is 1. The Balaban J connectivity index is 1.71. The quantitative estimate of drug-likeness (QED) is 0.378. The van der Waals surface area contributed by atoms with Crippen LogP contribution in [0.1, 0.15) is 67.4 Å². The van der Waals surface area contributed by atoms with Crippen LogP contribution in [0.25, 0.3) is 32.8 Å². The summed E-state index contributed by atoms with van der Waals surface area (Å²) in [4.78, 5) is 17.4. The zero-order chi connectivity index (χ0) is 23.1. The van der Waals surface area contributed by atoms with E-state index in [2.05, 4.69) is 36.4 Å². The summed E-state index contributed by atoms with van der Waals surface area (Å²) in [5, 5.41) is 13.6. The van der Waals surface area contributed by atoms with Gasteiger partial charge >= 0.3 is 5.97 Å². The second kappa shape index (κ2) is 6.88. The number of hydrogen-bond donors (Lipinski definition) is 1. The molecule has 1 fully saturated rings. The summed E-state index contributed by atoms with van der Waals surface area (Å²) in [6.07, 6.45) is 2.05. The molecular weight excluding hydrogens is 410 g/mol. The van der Waals surface area contributed by atoms with Gasteiger partial charge in [-0.2, -0.15) is 0 Å². The number of rotatable bonds is 4. The number of fused-ring (bicyclic) bond motifs is 4. The molecule has 33 heavy (non-hydrogen) atoms. The summed E-state index contributed by atoms with van der Waals surface area (Å²) in [6.45, 7) is 7.67. The molecule has 1 heterocycles. The van der Waals surface area contributed by atoms with E-state index in [-0.39, 0.29) is 0 Å². The predicted octanol–water partition coefficient (Wildman–Crippen LogP) is 6.89. The molecule has 3 aromatic carbocycles. The fraction of sp³-hybridized carbons (Fsp3) is 0.310. The van der Waals surface area contributed by atoms with Crippen molar-refractivity contribution >= 4 is 27.6 Å². The Morgan fingerprint density at radius 1 is 1.09 bits per heavy atom. The molecule has 0 saturated heterocycles. The molecule has 3 atom stereocenters. The number of carboxylic acids is 1. The van der Waals surface area contributed by atoms with E-state index < -0.39 is 17.7 Å². The van der Waals surface area contributed by atoms with E-state index in [0.717, 1.165) is 33.0 Å². The van der Waals surface area contributed by atoms with Gasteiger partial charge in [0.2, 0.25) is 0 Å². The molecule has 0 amide bonds. The molecule has 1 N–H and O–H groups in total. The fourth-order valence-corrected chi connectivity index (χ4v) is 5.74. The van der Waals surface area contributed by atoms with Crippen molar-refractivity contribution in [2.75, 3.05) is 0 Å². The smallest absolute Gasteiger partial charge is 0.337 e. The second-order valence-electron chi connectivity index (χ2n) is 10.4. The molecule has 166 valence electrons. The van der Waals surface area contributed by atoms with Gasteiger partial charge in [-0.3, -0.25) is 4.98 Å². The van der Waals surface area contributed by atoms with Crippen LogP contribution in [0.5, 0.6) is 0 Å². The average Bonchev–Trinajstić information content (AvgIpc) is 3.49. The molecule has 1 saturated carbocycles. The van der Waals surface area contributed by atoms with E-state index >= 15 is 0 Å². The van der Waals surface area contributed by atoms with Gasteiger partial charge in [-0.1, -0.05) is 42.5 Å². The lowest BCUT2D eigenvalue weighted by Gasteiger charge is -2.28. The Bertz CT molecular complexity index is 1450. The maximum atomic E-state index is 12.5. The SMILES string of the molecule is Cc1cc2ccccc2c(-c2ccc3c4c(ccnc24)C2CC32)c1[C@H](OC(C)(C)C)C(=O)O. The third kappa shape index (κ3) is 3.08. The van der Waals surface area contributed by atoms with Crippen molar-refractivity contribution in [1.82, 2.24) is 4.98 Å². The first-order valence-electron chi connectivity index (χ1n) is 11.6. The van der Waals surface area contributed by atoms with Crippen LogP contribution in [-0.2, 0) is 9.53 Å². The maximum Gasteiger partial charge on any atom is 0.337 e. The summed E-state index contributed by atoms with van der Waals surface area (Å²) < 4.78 is 6.15. The van der Waals surface area contributed by atoms with Crippen molar-refractivity contribution in [3.05, 3.63) is 77.0 Å². The normalized spacial score (nSPS) is 19.6. The number of pyridine rings is 1. The lowest BCUT2D eigenvalue weighted by Crippen LogP contribution is -2.28. The van der Waals surface area contributed by atoms with Crippen molar-refractivity contribution in [3.8, 4) is 11.1 Å². The first-order valence-corrected chi connectivity index (χ1v) is 11.6. The highest BCUT2D eigenvalue weighted by Crippen LogP contribution is 2.63. The number of nitrogens with zero attached hydrogens (tertiary/aromatic N) is 1. The maximum absolute atomic E-state index is 12.5. The molecular formula is C29H27NO3. The Kier molecular flexibility index (Phi) is 4.25. The van der Waals surface area contributed by atoms with E-state index in [1.54, 1.807) is 0 Å². The van der Waals surface area contributed by atoms with Crippen molar-refractivity contribution in [1.29, 1.82) is 0 Å². The van der Waals surface area contributed by atoms with Crippen LogP contribution in [0.3, 0.4) is 0 Å². The standard InChI is InChI=1S/C29H27NO3/c1-15-13-16-7-5-6-8-17(16)24(23(15)27(28(31)32)33-29(2,3)4)20-10-9-18-21-14-22(21)19-11-12-30-26(20)25(18)19/h5-13,21-22,27H,14H2,1-4H3,(H,31,32)/t21?,22?,27-/m0/s1. The molecule has 0 spiro atoms. The average molecular weight is 438 g/mol. The largest absolute Gasteiger partial charge is 0.479 e. The molecule has 4 heteroatoms. The predicted molar refractivity (Wildman–Crippen MR) is 131 cm³/mol. The molecule has 2 aliphatic carbocycles. The highest BCUT2D eigenvalue weighted by atomic mass is 16.5. The summed E-state index contributed by atoms with van der Waals surface area (Å²) in [5.74, 6) is 0.251. The summed E-state index contributed by atoms with van der Waals surface area (Å²) >= 11 is 0. The van der Waals surface area contributed by atoms with Crippen molar-refractivity contribution in [3.63, 3.8) is 0 Å². The minimum absolute atomic E-state index is 0.611. The minimum Gasteiger partial charge on any atom is -0.479 e. The molecule has 1 aromatic heterocycles. The second-order valence-corrected chi connectivity index (χ2v) is 10.4. The van der Waals surface area contributed by atoms with E-state index in [9.17, 15) is 9.90 Å². The number of hydrogen-bond acceptors (Lipinski definition) is 3. The monoisotopic (exact) mass is 437 g/mol. The summed E-state index contributed by atoms with van der Waals surface area (Å²) in [6, 6.07) is 16.8. The van der Waals surface area contributed by atoms with Gasteiger partial charge in [-0.25, -0.2) is 4.79 Å². The van der Waals surface area contributed by atoms with Crippen LogP contribution in [-0.4, -0.2) is 21.7 Å². The van der Waals surface area contributed by atoms with E-state index in [1.807, 2.05) is 46.0 Å². The van der Waals surface area contributed by atoms with Crippen LogP contribution in [0.15, 0.2) is 54.7 Å². The first-order chi connectivity index (χ1) is 15.7. The van der Waals surface area contributed by atoms with Gasteiger partial charge in [0.15, 0.2) is 6.10 Å². The third-order valence-electron chi connectivity index (χ3n) is 7.07. The van der Waals surface area contributed by atoms with Crippen LogP contribution < -0.4 is 0 Å². The van der Waals surface area contributed by atoms with Gasteiger partial charge in [-0.15, -0.1) is 0 Å². The molecule has 0 aliphatic heterocycles. The fourth-order valence-electron chi connectivity index (χ4n) is 5.74. The number of ether oxygens (including phenoxy) is 1. The van der Waals surface area contributed by atoms with Crippen LogP contribution in [0.4, 0.5) is 0 Å². The van der Waals surface area contributed by atoms with Crippen molar-refractivity contribution in [2.24, 2.45) is 0 Å². The molecule has 2 aliphatic rings. The van der Waals surface area contributed by atoms with Gasteiger partial charge in [-0.05, 0) is 85.0 Å². The van der Waals surface area contributed by atoms with Gasteiger partial charge in [0.1, 0.15) is 0 Å². The zero-order valence-corrected chi connectivity index (χ0v) is 19.3. The molecule has 0 radical (unpaired) electrons. The van der Waals surface area contributed by atoms with Crippen LogP contribution in [0.2, 0.25) is 0 Å². The summed E-state index contributed by atoms with van der Waals surface area (Å²) in [5.41, 5.74) is 6.65.